The number of carbonyl (C=O) groups excluding carboxylic acids is 2. The fourth-order valence-corrected chi connectivity index (χ4v) is 4.53. The van der Waals surface area contributed by atoms with Crippen LogP contribution < -0.4 is 0 Å². The Morgan fingerprint density at radius 1 is 1.06 bits per heavy atom. The standard InChI is InChI=1S/C25H28ClN3O3/c1-32-25(31)24(18-9-11-20(26)12-10-18)29-15-13-28(14-16-29)23(30)8-4-5-19-17-27-22-7-3-2-6-21(19)22/h2-3,6-7,9-12,17,24,27H,4-5,8,13-16H2,1H3. The Hall–Kier alpha value is -2.83. The number of halogens is 1. The summed E-state index contributed by atoms with van der Waals surface area (Å²) in [6, 6.07) is 15.0. The number of nitrogens with zero attached hydrogens (tertiary/aromatic N) is 2. The van der Waals surface area contributed by atoms with Gasteiger partial charge in [-0.25, -0.2) is 4.79 Å². The number of aryl methyl sites for hydroxylation is 1. The maximum absolute atomic E-state index is 12.8. The minimum absolute atomic E-state index is 0.172. The van der Waals surface area contributed by atoms with E-state index in [-0.39, 0.29) is 11.9 Å². The number of nitrogens with one attached hydrogen (secondary N) is 1. The predicted molar refractivity (Wildman–Crippen MR) is 126 cm³/mol. The highest BCUT2D eigenvalue weighted by molar-refractivity contribution is 6.30. The number of piperazine rings is 1. The number of carbonyl (C=O) groups is 2. The lowest BCUT2D eigenvalue weighted by atomic mass is 10.0. The number of fused-ring (bicyclic) bond motifs is 1. The van der Waals surface area contributed by atoms with Crippen LogP contribution in [0.3, 0.4) is 0 Å². The number of hydrogen-bond donors (Lipinski definition) is 1. The first-order valence-electron chi connectivity index (χ1n) is 11.0. The fraction of sp³-hybridized carbons (Fsp3) is 0.360. The van der Waals surface area contributed by atoms with E-state index in [4.69, 9.17) is 16.3 Å². The lowest BCUT2D eigenvalue weighted by Gasteiger charge is -2.38. The Morgan fingerprint density at radius 3 is 2.50 bits per heavy atom. The highest BCUT2D eigenvalue weighted by atomic mass is 35.5. The zero-order valence-electron chi connectivity index (χ0n) is 18.2. The van der Waals surface area contributed by atoms with Crippen molar-refractivity contribution < 1.29 is 14.3 Å². The van der Waals surface area contributed by atoms with Crippen molar-refractivity contribution in [1.82, 2.24) is 14.8 Å². The molecule has 0 bridgehead atoms. The summed E-state index contributed by atoms with van der Waals surface area (Å²) in [7, 11) is 1.40. The van der Waals surface area contributed by atoms with E-state index in [9.17, 15) is 9.59 Å². The molecule has 4 rings (SSSR count). The number of benzene rings is 2. The van der Waals surface area contributed by atoms with Gasteiger partial charge in [0.2, 0.25) is 5.91 Å². The van der Waals surface area contributed by atoms with Crippen LogP contribution in [0.1, 0.15) is 30.0 Å². The molecule has 1 atom stereocenters. The molecule has 1 aliphatic rings. The van der Waals surface area contributed by atoms with E-state index in [0.29, 0.717) is 37.6 Å². The Labute approximate surface area is 193 Å². The van der Waals surface area contributed by atoms with E-state index in [0.717, 1.165) is 23.9 Å². The Kier molecular flexibility index (Phi) is 7.12. The molecule has 2 heterocycles. The summed E-state index contributed by atoms with van der Waals surface area (Å²) in [5, 5.41) is 1.85. The molecule has 6 nitrogen and oxygen atoms in total. The first-order chi connectivity index (χ1) is 15.6. The molecule has 1 unspecified atom stereocenters. The molecule has 1 aliphatic heterocycles. The highest BCUT2D eigenvalue weighted by Gasteiger charge is 2.32. The number of ether oxygens (including phenoxy) is 1. The molecule has 2 aromatic carbocycles. The van der Waals surface area contributed by atoms with Crippen molar-refractivity contribution in [2.24, 2.45) is 0 Å². The third-order valence-corrected chi connectivity index (χ3v) is 6.41. The van der Waals surface area contributed by atoms with Crippen LogP contribution in [0.5, 0.6) is 0 Å². The Morgan fingerprint density at radius 2 is 1.78 bits per heavy atom. The van der Waals surface area contributed by atoms with E-state index in [1.54, 1.807) is 12.1 Å². The summed E-state index contributed by atoms with van der Waals surface area (Å²) >= 11 is 6.00. The number of aromatic amines is 1. The molecule has 0 spiro atoms. The molecule has 1 aromatic heterocycles. The van der Waals surface area contributed by atoms with Crippen LogP contribution in [-0.4, -0.2) is 59.9 Å². The van der Waals surface area contributed by atoms with Crippen molar-refractivity contribution in [2.75, 3.05) is 33.3 Å². The third kappa shape index (κ3) is 4.97. The summed E-state index contributed by atoms with van der Waals surface area (Å²) in [6.45, 7) is 2.45. The van der Waals surface area contributed by atoms with Crippen LogP contribution >= 0.6 is 11.6 Å². The topological polar surface area (TPSA) is 65.6 Å². The van der Waals surface area contributed by atoms with E-state index in [1.165, 1.54) is 18.1 Å². The maximum Gasteiger partial charge on any atom is 0.327 e. The summed E-state index contributed by atoms with van der Waals surface area (Å²) < 4.78 is 5.05. The lowest BCUT2D eigenvalue weighted by molar-refractivity contribution is -0.148. The van der Waals surface area contributed by atoms with Crippen LogP contribution in [0, 0.1) is 0 Å². The number of amides is 1. The molecule has 168 valence electrons. The molecule has 1 N–H and O–H groups in total. The summed E-state index contributed by atoms with van der Waals surface area (Å²) in [5.74, 6) is -0.128. The summed E-state index contributed by atoms with van der Waals surface area (Å²) in [6.07, 6.45) is 4.25. The molecule has 1 fully saturated rings. The van der Waals surface area contributed by atoms with Gasteiger partial charge in [0.1, 0.15) is 6.04 Å². The predicted octanol–water partition coefficient (Wildman–Crippen LogP) is 4.20. The van der Waals surface area contributed by atoms with Gasteiger partial charge in [0.25, 0.3) is 0 Å². The molecule has 0 aliphatic carbocycles. The SMILES string of the molecule is COC(=O)C(c1ccc(Cl)cc1)N1CCN(C(=O)CCCc2c[nH]c3ccccc23)CC1. The van der Waals surface area contributed by atoms with Gasteiger partial charge in [-0.2, -0.15) is 0 Å². The molecule has 1 saturated heterocycles. The molecule has 1 amide bonds. The maximum atomic E-state index is 12.8. The first kappa shape index (κ1) is 22.4. The van der Waals surface area contributed by atoms with Gasteiger partial charge in [-0.05, 0) is 42.2 Å². The van der Waals surface area contributed by atoms with Crippen molar-refractivity contribution >= 4 is 34.4 Å². The van der Waals surface area contributed by atoms with Gasteiger partial charge in [0.05, 0.1) is 7.11 Å². The summed E-state index contributed by atoms with van der Waals surface area (Å²) in [4.78, 5) is 32.5. The van der Waals surface area contributed by atoms with Gasteiger partial charge in [0, 0.05) is 54.7 Å². The van der Waals surface area contributed by atoms with E-state index < -0.39 is 6.04 Å². The monoisotopic (exact) mass is 453 g/mol. The number of hydrogen-bond acceptors (Lipinski definition) is 4. The number of esters is 1. The highest BCUT2D eigenvalue weighted by Crippen LogP contribution is 2.25. The normalized spacial score (nSPS) is 15.6. The summed E-state index contributed by atoms with van der Waals surface area (Å²) in [5.41, 5.74) is 3.23. The first-order valence-corrected chi connectivity index (χ1v) is 11.3. The van der Waals surface area contributed by atoms with Crippen molar-refractivity contribution in [3.8, 4) is 0 Å². The van der Waals surface area contributed by atoms with E-state index >= 15 is 0 Å². The van der Waals surface area contributed by atoms with E-state index in [1.807, 2.05) is 35.4 Å². The molecule has 0 radical (unpaired) electrons. The van der Waals surface area contributed by atoms with Gasteiger partial charge >= 0.3 is 5.97 Å². The molecule has 32 heavy (non-hydrogen) atoms. The number of aromatic nitrogens is 1. The molecular formula is C25H28ClN3O3. The second-order valence-corrected chi connectivity index (χ2v) is 8.54. The fourth-order valence-electron chi connectivity index (χ4n) is 4.41. The van der Waals surface area contributed by atoms with Crippen molar-refractivity contribution in [3.05, 3.63) is 70.9 Å². The lowest BCUT2D eigenvalue weighted by Crippen LogP contribution is -2.51. The molecular weight excluding hydrogens is 426 g/mol. The minimum atomic E-state index is -0.489. The minimum Gasteiger partial charge on any atom is -0.468 e. The van der Waals surface area contributed by atoms with Gasteiger partial charge in [0.15, 0.2) is 0 Å². The van der Waals surface area contributed by atoms with Gasteiger partial charge in [-0.1, -0.05) is 41.9 Å². The Balaban J connectivity index is 1.30. The smallest absolute Gasteiger partial charge is 0.327 e. The van der Waals surface area contributed by atoms with Crippen LogP contribution in [0.4, 0.5) is 0 Å². The van der Waals surface area contributed by atoms with Crippen LogP contribution in [-0.2, 0) is 20.7 Å². The number of methoxy groups -OCH3 is 1. The number of H-pyrrole nitrogens is 1. The number of rotatable bonds is 7. The quantitative estimate of drug-likeness (QED) is 0.544. The van der Waals surface area contributed by atoms with Gasteiger partial charge in [-0.15, -0.1) is 0 Å². The molecule has 7 heteroatoms. The van der Waals surface area contributed by atoms with Crippen LogP contribution in [0.25, 0.3) is 10.9 Å². The van der Waals surface area contributed by atoms with Crippen LogP contribution in [0.2, 0.25) is 5.02 Å². The van der Waals surface area contributed by atoms with Crippen molar-refractivity contribution in [2.45, 2.75) is 25.3 Å². The van der Waals surface area contributed by atoms with Gasteiger partial charge in [-0.3, -0.25) is 9.69 Å². The van der Waals surface area contributed by atoms with E-state index in [2.05, 4.69) is 22.0 Å². The molecule has 3 aromatic rings. The largest absolute Gasteiger partial charge is 0.468 e. The van der Waals surface area contributed by atoms with Crippen LogP contribution in [0.15, 0.2) is 54.7 Å². The molecule has 0 saturated carbocycles. The van der Waals surface area contributed by atoms with Crippen molar-refractivity contribution in [3.63, 3.8) is 0 Å². The average molecular weight is 454 g/mol. The van der Waals surface area contributed by atoms with Crippen molar-refractivity contribution in [1.29, 1.82) is 0 Å². The second kappa shape index (κ2) is 10.2. The number of para-hydroxylation sites is 1. The zero-order chi connectivity index (χ0) is 22.5. The zero-order valence-corrected chi connectivity index (χ0v) is 19.0. The average Bonchev–Trinajstić information content (AvgIpc) is 3.24. The third-order valence-electron chi connectivity index (χ3n) is 6.15. The Bertz CT molecular complexity index is 1070. The van der Waals surface area contributed by atoms with Gasteiger partial charge < -0.3 is 14.6 Å². The second-order valence-electron chi connectivity index (χ2n) is 8.11.